The van der Waals surface area contributed by atoms with E-state index in [-0.39, 0.29) is 5.78 Å². The monoisotopic (exact) mass is 306 g/mol. The maximum Gasteiger partial charge on any atom is 0.164 e. The third-order valence-electron chi connectivity index (χ3n) is 5.03. The van der Waals surface area contributed by atoms with Gasteiger partial charge in [0.2, 0.25) is 0 Å². The molecule has 2 aliphatic rings. The van der Waals surface area contributed by atoms with E-state index in [0.29, 0.717) is 17.5 Å². The van der Waals surface area contributed by atoms with Crippen LogP contribution in [0.1, 0.15) is 36.0 Å². The topological polar surface area (TPSA) is 23.6 Å². The summed E-state index contributed by atoms with van der Waals surface area (Å²) in [6, 6.07) is 8.70. The molecule has 2 fully saturated rings. The number of hydrogen-bond acceptors (Lipinski definition) is 3. The number of benzene rings is 1. The summed E-state index contributed by atoms with van der Waals surface area (Å²) in [6.07, 6.45) is 4.47. The fraction of sp³-hybridized carbons (Fsp3) is 0.588. The molecule has 0 amide bonds. The molecule has 0 aliphatic carbocycles. The number of likely N-dealkylation sites (tertiary alicyclic amines) is 1. The maximum absolute atomic E-state index is 12.3. The lowest BCUT2D eigenvalue weighted by molar-refractivity contribution is 0.0961. The van der Waals surface area contributed by atoms with Gasteiger partial charge in [0.05, 0.1) is 0 Å². The van der Waals surface area contributed by atoms with Crippen LogP contribution in [-0.4, -0.2) is 54.3 Å². The predicted octanol–water partition coefficient (Wildman–Crippen LogP) is 3.08. The van der Waals surface area contributed by atoms with Gasteiger partial charge in [-0.15, -0.1) is 0 Å². The Morgan fingerprint density at radius 1 is 1.29 bits per heavy atom. The summed E-state index contributed by atoms with van der Waals surface area (Å²) in [5.74, 6) is 0.195. The molecule has 2 saturated heterocycles. The van der Waals surface area contributed by atoms with E-state index < -0.39 is 0 Å². The first kappa shape index (κ1) is 15.0. The lowest BCUT2D eigenvalue weighted by Crippen LogP contribution is -2.37. The molecule has 2 bridgehead atoms. The number of rotatable bonds is 4. The van der Waals surface area contributed by atoms with Gasteiger partial charge in [-0.05, 0) is 45.0 Å². The number of ketones is 1. The molecule has 2 heterocycles. The summed E-state index contributed by atoms with van der Waals surface area (Å²) in [6.45, 7) is 3.09. The van der Waals surface area contributed by atoms with Crippen molar-refractivity contribution in [3.05, 3.63) is 34.9 Å². The molecular formula is C17H23ClN2O. The van der Waals surface area contributed by atoms with Gasteiger partial charge < -0.3 is 4.90 Å². The molecule has 114 valence electrons. The summed E-state index contributed by atoms with van der Waals surface area (Å²) in [4.78, 5) is 17.3. The van der Waals surface area contributed by atoms with Crippen molar-refractivity contribution in [3.63, 3.8) is 0 Å². The first-order valence-corrected chi connectivity index (χ1v) is 8.24. The molecule has 0 saturated carbocycles. The molecular weight excluding hydrogens is 284 g/mol. The van der Waals surface area contributed by atoms with Gasteiger partial charge >= 0.3 is 0 Å². The van der Waals surface area contributed by atoms with Gasteiger partial charge in [0, 0.05) is 42.2 Å². The number of halogens is 1. The van der Waals surface area contributed by atoms with E-state index in [1.54, 1.807) is 12.1 Å². The first-order valence-electron chi connectivity index (χ1n) is 7.86. The maximum atomic E-state index is 12.3. The van der Waals surface area contributed by atoms with Crippen LogP contribution < -0.4 is 0 Å². The Hall–Kier alpha value is -0.900. The van der Waals surface area contributed by atoms with Crippen LogP contribution in [0.5, 0.6) is 0 Å². The van der Waals surface area contributed by atoms with Gasteiger partial charge in [-0.1, -0.05) is 23.7 Å². The number of fused-ring (bicyclic) bond motifs is 2. The Labute approximate surface area is 131 Å². The van der Waals surface area contributed by atoms with E-state index in [0.717, 1.165) is 31.2 Å². The van der Waals surface area contributed by atoms with E-state index in [1.807, 2.05) is 12.1 Å². The molecule has 0 radical (unpaired) electrons. The second-order valence-corrected chi connectivity index (χ2v) is 6.76. The second-order valence-electron chi connectivity index (χ2n) is 6.32. The molecule has 2 atom stereocenters. The van der Waals surface area contributed by atoms with Crippen LogP contribution >= 0.6 is 11.6 Å². The lowest BCUT2D eigenvalue weighted by Gasteiger charge is -2.25. The van der Waals surface area contributed by atoms with Crippen molar-refractivity contribution in [2.45, 2.75) is 37.8 Å². The summed E-state index contributed by atoms with van der Waals surface area (Å²) in [5.41, 5.74) is 0.732. The van der Waals surface area contributed by atoms with Crippen molar-refractivity contribution in [3.8, 4) is 0 Å². The number of hydrogen-bond donors (Lipinski definition) is 0. The van der Waals surface area contributed by atoms with Crippen LogP contribution in [-0.2, 0) is 0 Å². The molecule has 21 heavy (non-hydrogen) atoms. The lowest BCUT2D eigenvalue weighted by atomic mass is 10.1. The molecule has 0 spiro atoms. The van der Waals surface area contributed by atoms with Gasteiger partial charge in [-0.2, -0.15) is 0 Å². The standard InChI is InChI=1S/C17H23ClN2O/c1-19-15-5-6-16(19)12-20(9-7-15)10-8-17(21)13-3-2-4-14(18)11-13/h2-4,11,15-16H,5-10,12H2,1H3. The quantitative estimate of drug-likeness (QED) is 0.799. The van der Waals surface area contributed by atoms with E-state index in [1.165, 1.54) is 19.3 Å². The van der Waals surface area contributed by atoms with Crippen molar-refractivity contribution in [1.29, 1.82) is 0 Å². The number of likely N-dealkylation sites (N-methyl/N-ethyl adjacent to an activating group) is 1. The van der Waals surface area contributed by atoms with Gasteiger partial charge in [-0.3, -0.25) is 9.69 Å². The molecule has 2 aliphatic heterocycles. The van der Waals surface area contributed by atoms with Crippen LogP contribution in [0.25, 0.3) is 0 Å². The molecule has 4 heteroatoms. The van der Waals surface area contributed by atoms with Crippen molar-refractivity contribution in [2.24, 2.45) is 0 Å². The second kappa shape index (κ2) is 6.47. The third kappa shape index (κ3) is 3.47. The average Bonchev–Trinajstić information content (AvgIpc) is 2.71. The fourth-order valence-electron chi connectivity index (χ4n) is 3.65. The molecule has 0 aromatic heterocycles. The van der Waals surface area contributed by atoms with Crippen molar-refractivity contribution >= 4 is 17.4 Å². The van der Waals surface area contributed by atoms with E-state index in [9.17, 15) is 4.79 Å². The fourth-order valence-corrected chi connectivity index (χ4v) is 3.84. The Bertz CT molecular complexity index is 519. The summed E-state index contributed by atoms with van der Waals surface area (Å²) in [7, 11) is 2.25. The molecule has 3 rings (SSSR count). The summed E-state index contributed by atoms with van der Waals surface area (Å²) in [5, 5.41) is 0.634. The normalized spacial score (nSPS) is 26.8. The van der Waals surface area contributed by atoms with Gasteiger partial charge in [0.1, 0.15) is 0 Å². The third-order valence-corrected chi connectivity index (χ3v) is 5.27. The number of nitrogens with zero attached hydrogens (tertiary/aromatic N) is 2. The van der Waals surface area contributed by atoms with E-state index in [2.05, 4.69) is 16.8 Å². The molecule has 1 aromatic rings. The van der Waals surface area contributed by atoms with Crippen LogP contribution in [0.15, 0.2) is 24.3 Å². The first-order chi connectivity index (χ1) is 10.1. The zero-order chi connectivity index (χ0) is 14.8. The molecule has 2 unspecified atom stereocenters. The van der Waals surface area contributed by atoms with E-state index >= 15 is 0 Å². The zero-order valence-electron chi connectivity index (χ0n) is 12.6. The Morgan fingerprint density at radius 3 is 2.90 bits per heavy atom. The minimum absolute atomic E-state index is 0.195. The predicted molar refractivity (Wildman–Crippen MR) is 86.0 cm³/mol. The molecule has 3 nitrogen and oxygen atoms in total. The highest BCUT2D eigenvalue weighted by atomic mass is 35.5. The Balaban J connectivity index is 1.54. The summed E-state index contributed by atoms with van der Waals surface area (Å²) < 4.78 is 0. The largest absolute Gasteiger partial charge is 0.301 e. The van der Waals surface area contributed by atoms with Gasteiger partial charge in [0.25, 0.3) is 0 Å². The van der Waals surface area contributed by atoms with Gasteiger partial charge in [0.15, 0.2) is 5.78 Å². The molecule has 1 aromatic carbocycles. The Kier molecular flexibility index (Phi) is 4.63. The number of carbonyl (C=O) groups excluding carboxylic acids is 1. The SMILES string of the molecule is CN1C2CCC1CN(CCC(=O)c1cccc(Cl)c1)CC2. The smallest absolute Gasteiger partial charge is 0.164 e. The van der Waals surface area contributed by atoms with Crippen molar-refractivity contribution in [1.82, 2.24) is 9.80 Å². The highest BCUT2D eigenvalue weighted by molar-refractivity contribution is 6.31. The minimum Gasteiger partial charge on any atom is -0.301 e. The van der Waals surface area contributed by atoms with Crippen LogP contribution in [0.2, 0.25) is 5.02 Å². The Morgan fingerprint density at radius 2 is 2.10 bits per heavy atom. The zero-order valence-corrected chi connectivity index (χ0v) is 13.4. The van der Waals surface area contributed by atoms with Crippen molar-refractivity contribution < 1.29 is 4.79 Å². The highest BCUT2D eigenvalue weighted by Crippen LogP contribution is 2.28. The van der Waals surface area contributed by atoms with Crippen LogP contribution in [0, 0.1) is 0 Å². The van der Waals surface area contributed by atoms with Crippen molar-refractivity contribution in [2.75, 3.05) is 26.7 Å². The van der Waals surface area contributed by atoms with E-state index in [4.69, 9.17) is 11.6 Å². The van der Waals surface area contributed by atoms with Crippen LogP contribution in [0.3, 0.4) is 0 Å². The summed E-state index contributed by atoms with van der Waals surface area (Å²) >= 11 is 5.95. The number of carbonyl (C=O) groups is 1. The molecule has 0 N–H and O–H groups in total. The average molecular weight is 307 g/mol. The van der Waals surface area contributed by atoms with Gasteiger partial charge in [-0.25, -0.2) is 0 Å². The van der Waals surface area contributed by atoms with Crippen LogP contribution in [0.4, 0.5) is 0 Å². The number of Topliss-reactive ketones (excluding diaryl/α,β-unsaturated/α-hetero) is 1. The minimum atomic E-state index is 0.195. The highest BCUT2D eigenvalue weighted by Gasteiger charge is 2.34.